The first-order valence-corrected chi connectivity index (χ1v) is 12.4. The SMILES string of the molecule is CCCC[C@H](CC(=O)OC)c1oc(CO[Si](C)(C)C(C)(C)C)cc(=O)c1O. The van der Waals surface area contributed by atoms with Crippen molar-refractivity contribution in [2.45, 2.75) is 84.0 Å². The molecule has 0 aliphatic carbocycles. The Labute approximate surface area is 163 Å². The molecule has 1 aromatic heterocycles. The monoisotopic (exact) mass is 398 g/mol. The number of carbonyl (C=O) groups excluding carboxylic acids is 1. The average Bonchev–Trinajstić information content (AvgIpc) is 2.58. The Morgan fingerprint density at radius 2 is 1.96 bits per heavy atom. The number of hydrogen-bond acceptors (Lipinski definition) is 6. The lowest BCUT2D eigenvalue weighted by molar-refractivity contribution is -0.141. The van der Waals surface area contributed by atoms with Crippen LogP contribution in [0.1, 0.15) is 70.8 Å². The Morgan fingerprint density at radius 1 is 1.33 bits per heavy atom. The lowest BCUT2D eigenvalue weighted by atomic mass is 9.94. The van der Waals surface area contributed by atoms with E-state index in [1.54, 1.807) is 0 Å². The largest absolute Gasteiger partial charge is 0.502 e. The maximum atomic E-state index is 12.2. The lowest BCUT2D eigenvalue weighted by Gasteiger charge is -2.35. The van der Waals surface area contributed by atoms with Crippen molar-refractivity contribution in [1.29, 1.82) is 0 Å². The van der Waals surface area contributed by atoms with E-state index < -0.39 is 31.4 Å². The van der Waals surface area contributed by atoms with Gasteiger partial charge in [0.15, 0.2) is 14.1 Å². The molecule has 1 atom stereocenters. The Bertz CT molecular complexity index is 687. The van der Waals surface area contributed by atoms with Gasteiger partial charge in [0.05, 0.1) is 20.1 Å². The van der Waals surface area contributed by atoms with Gasteiger partial charge in [-0.05, 0) is 24.6 Å². The van der Waals surface area contributed by atoms with Gasteiger partial charge in [0.25, 0.3) is 0 Å². The molecule has 0 spiro atoms. The Morgan fingerprint density at radius 3 is 2.48 bits per heavy atom. The first-order chi connectivity index (χ1) is 12.4. The molecule has 0 unspecified atom stereocenters. The third-order valence-electron chi connectivity index (χ3n) is 5.30. The highest BCUT2D eigenvalue weighted by Gasteiger charge is 2.37. The summed E-state index contributed by atoms with van der Waals surface area (Å²) in [6.07, 6.45) is 2.44. The van der Waals surface area contributed by atoms with E-state index in [1.165, 1.54) is 13.2 Å². The van der Waals surface area contributed by atoms with E-state index in [-0.39, 0.29) is 23.8 Å². The number of aromatic hydroxyl groups is 1. The lowest BCUT2D eigenvalue weighted by Crippen LogP contribution is -2.40. The molecule has 0 aromatic carbocycles. The van der Waals surface area contributed by atoms with Gasteiger partial charge in [-0.15, -0.1) is 0 Å². The third-order valence-corrected chi connectivity index (χ3v) is 9.78. The van der Waals surface area contributed by atoms with Gasteiger partial charge in [-0.1, -0.05) is 40.5 Å². The maximum absolute atomic E-state index is 12.2. The van der Waals surface area contributed by atoms with Crippen LogP contribution in [-0.2, 0) is 20.6 Å². The van der Waals surface area contributed by atoms with Crippen LogP contribution in [0.15, 0.2) is 15.3 Å². The van der Waals surface area contributed by atoms with Gasteiger partial charge in [0.2, 0.25) is 11.2 Å². The van der Waals surface area contributed by atoms with Crippen molar-refractivity contribution in [2.75, 3.05) is 7.11 Å². The van der Waals surface area contributed by atoms with Crippen LogP contribution < -0.4 is 5.43 Å². The van der Waals surface area contributed by atoms with Crippen LogP contribution >= 0.6 is 0 Å². The Balaban J connectivity index is 3.16. The summed E-state index contributed by atoms with van der Waals surface area (Å²) >= 11 is 0. The van der Waals surface area contributed by atoms with Crippen molar-refractivity contribution >= 4 is 14.3 Å². The van der Waals surface area contributed by atoms with E-state index >= 15 is 0 Å². The maximum Gasteiger partial charge on any atom is 0.306 e. The zero-order valence-electron chi connectivity index (χ0n) is 17.7. The van der Waals surface area contributed by atoms with Crippen LogP contribution in [0, 0.1) is 0 Å². The van der Waals surface area contributed by atoms with Crippen molar-refractivity contribution in [3.63, 3.8) is 0 Å². The third kappa shape index (κ3) is 6.50. The number of esters is 1. The van der Waals surface area contributed by atoms with E-state index in [1.807, 2.05) is 6.92 Å². The summed E-state index contributed by atoms with van der Waals surface area (Å²) in [7, 11) is -0.697. The molecule has 7 heteroatoms. The summed E-state index contributed by atoms with van der Waals surface area (Å²) in [6, 6.07) is 1.26. The summed E-state index contributed by atoms with van der Waals surface area (Å²) in [5.41, 5.74) is -0.517. The molecule has 1 heterocycles. The van der Waals surface area contributed by atoms with Crippen molar-refractivity contribution in [1.82, 2.24) is 0 Å². The van der Waals surface area contributed by atoms with Crippen molar-refractivity contribution < 1.29 is 23.5 Å². The van der Waals surface area contributed by atoms with Crippen LogP contribution in [0.25, 0.3) is 0 Å². The van der Waals surface area contributed by atoms with E-state index in [0.717, 1.165) is 12.8 Å². The minimum absolute atomic E-state index is 0.0294. The highest BCUT2D eigenvalue weighted by molar-refractivity contribution is 6.74. The second-order valence-corrected chi connectivity index (χ2v) is 13.3. The number of rotatable bonds is 9. The highest BCUT2D eigenvalue weighted by atomic mass is 28.4. The molecule has 1 aromatic rings. The number of ether oxygens (including phenoxy) is 1. The summed E-state index contributed by atoms with van der Waals surface area (Å²) < 4.78 is 16.7. The summed E-state index contributed by atoms with van der Waals surface area (Å²) in [4.78, 5) is 24.0. The molecule has 0 saturated heterocycles. The average molecular weight is 399 g/mol. The molecule has 1 rings (SSSR count). The van der Waals surface area contributed by atoms with Gasteiger partial charge in [0.1, 0.15) is 5.76 Å². The van der Waals surface area contributed by atoms with E-state index in [4.69, 9.17) is 13.6 Å². The fourth-order valence-corrected chi connectivity index (χ4v) is 3.37. The van der Waals surface area contributed by atoms with Crippen LogP contribution in [0.3, 0.4) is 0 Å². The number of methoxy groups -OCH3 is 1. The molecule has 0 amide bonds. The minimum atomic E-state index is -2.01. The predicted molar refractivity (Wildman–Crippen MR) is 108 cm³/mol. The second kappa shape index (κ2) is 9.55. The van der Waals surface area contributed by atoms with Crippen LogP contribution in [-0.4, -0.2) is 26.5 Å². The van der Waals surface area contributed by atoms with Gasteiger partial charge in [-0.3, -0.25) is 9.59 Å². The number of unbranched alkanes of at least 4 members (excludes halogenated alkanes) is 1. The molecule has 0 aliphatic rings. The van der Waals surface area contributed by atoms with Gasteiger partial charge in [0, 0.05) is 12.0 Å². The first kappa shape index (κ1) is 23.4. The fraction of sp³-hybridized carbons (Fsp3) is 0.700. The van der Waals surface area contributed by atoms with Crippen molar-refractivity contribution in [3.8, 4) is 5.75 Å². The number of hydrogen-bond donors (Lipinski definition) is 1. The molecule has 27 heavy (non-hydrogen) atoms. The van der Waals surface area contributed by atoms with Crippen LogP contribution in [0.2, 0.25) is 18.1 Å². The summed E-state index contributed by atoms with van der Waals surface area (Å²) in [5.74, 6) is -0.728. The van der Waals surface area contributed by atoms with Gasteiger partial charge < -0.3 is 18.7 Å². The van der Waals surface area contributed by atoms with E-state index in [9.17, 15) is 14.7 Å². The van der Waals surface area contributed by atoms with E-state index in [0.29, 0.717) is 12.2 Å². The topological polar surface area (TPSA) is 86.0 Å². The zero-order valence-corrected chi connectivity index (χ0v) is 18.7. The molecule has 0 fully saturated rings. The molecule has 0 radical (unpaired) electrons. The fourth-order valence-electron chi connectivity index (χ4n) is 2.43. The highest BCUT2D eigenvalue weighted by Crippen LogP contribution is 2.37. The van der Waals surface area contributed by atoms with E-state index in [2.05, 4.69) is 33.9 Å². The smallest absolute Gasteiger partial charge is 0.306 e. The molecule has 0 aliphatic heterocycles. The molecule has 6 nitrogen and oxygen atoms in total. The Kier molecular flexibility index (Phi) is 8.29. The van der Waals surface area contributed by atoms with Crippen molar-refractivity contribution in [2.24, 2.45) is 0 Å². The summed E-state index contributed by atoms with van der Waals surface area (Å²) in [6.45, 7) is 12.8. The van der Waals surface area contributed by atoms with Gasteiger partial charge in [-0.25, -0.2) is 0 Å². The first-order valence-electron chi connectivity index (χ1n) is 9.49. The van der Waals surface area contributed by atoms with Gasteiger partial charge in [-0.2, -0.15) is 0 Å². The molecular weight excluding hydrogens is 364 g/mol. The zero-order chi connectivity index (χ0) is 20.8. The standard InChI is InChI=1S/C20H34O6Si/c1-8-9-10-14(11-17(22)24-5)19-18(23)16(21)12-15(26-19)13-25-27(6,7)20(2,3)4/h12,14,23H,8-11,13H2,1-7H3/t14-/m1/s1. The van der Waals surface area contributed by atoms with Crippen LogP contribution in [0.5, 0.6) is 5.75 Å². The molecule has 154 valence electrons. The minimum Gasteiger partial charge on any atom is -0.502 e. The predicted octanol–water partition coefficient (Wildman–Crippen LogP) is 4.70. The molecule has 0 bridgehead atoms. The van der Waals surface area contributed by atoms with Gasteiger partial charge >= 0.3 is 5.97 Å². The molecule has 1 N–H and O–H groups in total. The Hall–Kier alpha value is -1.60. The molecule has 0 saturated carbocycles. The number of carbonyl (C=O) groups is 1. The quantitative estimate of drug-likeness (QED) is 0.479. The normalized spacial score (nSPS) is 13.4. The van der Waals surface area contributed by atoms with Crippen molar-refractivity contribution in [3.05, 3.63) is 27.8 Å². The molecular formula is C20H34O6Si. The second-order valence-electron chi connectivity index (χ2n) is 8.46. The summed E-state index contributed by atoms with van der Waals surface area (Å²) in [5, 5.41) is 10.3. The van der Waals surface area contributed by atoms with Crippen LogP contribution in [0.4, 0.5) is 0 Å².